The number of carbonyl (C=O) groups is 2. The van der Waals surface area contributed by atoms with E-state index in [1.54, 1.807) is 0 Å². The van der Waals surface area contributed by atoms with Gasteiger partial charge in [0.2, 0.25) is 11.8 Å². The molecule has 0 aromatic heterocycles. The van der Waals surface area contributed by atoms with E-state index in [0.717, 1.165) is 6.07 Å². The molecule has 0 saturated carbocycles. The highest BCUT2D eigenvalue weighted by Crippen LogP contribution is 2.57. The van der Waals surface area contributed by atoms with Crippen LogP contribution >= 0.6 is 23.2 Å². The Balaban J connectivity index is 1.91. The van der Waals surface area contributed by atoms with Crippen molar-refractivity contribution in [1.29, 1.82) is 0 Å². The van der Waals surface area contributed by atoms with E-state index < -0.39 is 65.7 Å². The highest BCUT2D eigenvalue weighted by atomic mass is 35.5. The standard InChI is InChI=1S/C27H31Cl2F2N3O5/c1-26(2,3)9-21-27(13-7-17(31)15(29)8-18(13)33-25(27)39)22(12-4-5-16(30)14(28)6-12)23(34-21)24(38)32-10-19(36)20(37)11-35/h4-8,19-23,34-37H,9-11H2,1-3H3,(H,32,38)(H,33,39)/t19?,20-,21-,22+,23-,27+/m1/s1. The van der Waals surface area contributed by atoms with Crippen LogP contribution in [0.1, 0.15) is 44.2 Å². The van der Waals surface area contributed by atoms with Gasteiger partial charge in [0.25, 0.3) is 0 Å². The maximum atomic E-state index is 14.9. The number of rotatable bonds is 7. The monoisotopic (exact) mass is 585 g/mol. The summed E-state index contributed by atoms with van der Waals surface area (Å²) in [5.74, 6) is -3.55. The van der Waals surface area contributed by atoms with Crippen molar-refractivity contribution >= 4 is 40.7 Å². The normalized spacial score (nSPS) is 25.9. The molecule has 0 aliphatic carbocycles. The smallest absolute Gasteiger partial charge is 0.237 e. The van der Waals surface area contributed by atoms with Crippen LogP contribution in [0, 0.1) is 17.0 Å². The van der Waals surface area contributed by atoms with E-state index in [1.807, 2.05) is 20.8 Å². The minimum absolute atomic E-state index is 0.184. The van der Waals surface area contributed by atoms with E-state index in [9.17, 15) is 28.6 Å². The predicted molar refractivity (Wildman–Crippen MR) is 143 cm³/mol. The van der Waals surface area contributed by atoms with Gasteiger partial charge in [-0.05, 0) is 47.2 Å². The van der Waals surface area contributed by atoms with E-state index in [-0.39, 0.29) is 22.0 Å². The van der Waals surface area contributed by atoms with Gasteiger partial charge in [0.1, 0.15) is 23.2 Å². The number of carbonyl (C=O) groups excluding carboxylic acids is 2. The molecular formula is C27H31Cl2F2N3O5. The van der Waals surface area contributed by atoms with Crippen molar-refractivity contribution < 1.29 is 33.7 Å². The Bertz CT molecular complexity index is 1290. The van der Waals surface area contributed by atoms with Crippen molar-refractivity contribution in [3.05, 3.63) is 63.1 Å². The molecule has 6 atom stereocenters. The van der Waals surface area contributed by atoms with Crippen LogP contribution in [0.15, 0.2) is 30.3 Å². The van der Waals surface area contributed by atoms with E-state index >= 15 is 0 Å². The van der Waals surface area contributed by atoms with Gasteiger partial charge in [0, 0.05) is 24.2 Å². The molecule has 2 heterocycles. The third kappa shape index (κ3) is 5.38. The van der Waals surface area contributed by atoms with Crippen molar-refractivity contribution in [2.45, 2.75) is 62.8 Å². The molecular weight excluding hydrogens is 555 g/mol. The fourth-order valence-electron chi connectivity index (χ4n) is 5.71. The summed E-state index contributed by atoms with van der Waals surface area (Å²) in [6.07, 6.45) is -2.55. The molecule has 12 heteroatoms. The molecule has 2 amide bonds. The summed E-state index contributed by atoms with van der Waals surface area (Å²) in [6.45, 7) is 4.78. The van der Waals surface area contributed by atoms with Crippen molar-refractivity contribution in [3.63, 3.8) is 0 Å². The molecule has 1 fully saturated rings. The summed E-state index contributed by atoms with van der Waals surface area (Å²) >= 11 is 12.2. The molecule has 39 heavy (non-hydrogen) atoms. The van der Waals surface area contributed by atoms with Crippen LogP contribution < -0.4 is 16.0 Å². The Hall–Kier alpha value is -2.34. The number of hydrogen-bond acceptors (Lipinski definition) is 6. The molecule has 0 bridgehead atoms. The lowest BCUT2D eigenvalue weighted by atomic mass is 9.62. The molecule has 2 aliphatic heterocycles. The van der Waals surface area contributed by atoms with Crippen LogP contribution in [0.25, 0.3) is 0 Å². The zero-order valence-electron chi connectivity index (χ0n) is 21.6. The SMILES string of the molecule is CC(C)(C)C[C@H]1N[C@@H](C(=O)NCC(O)[C@H](O)CO)[C@H](c2ccc(F)c(Cl)c2)[C@@]12C(=O)Nc1cc(Cl)c(F)cc12. The second-order valence-corrected chi connectivity index (χ2v) is 12.1. The molecule has 1 spiro atoms. The Morgan fingerprint density at radius 3 is 2.38 bits per heavy atom. The summed E-state index contributed by atoms with van der Waals surface area (Å²) < 4.78 is 29.1. The van der Waals surface area contributed by atoms with Crippen LogP contribution in [0.4, 0.5) is 14.5 Å². The minimum atomic E-state index is -1.53. The molecule has 4 rings (SSSR count). The van der Waals surface area contributed by atoms with Gasteiger partial charge in [-0.3, -0.25) is 9.59 Å². The Morgan fingerprint density at radius 2 is 1.77 bits per heavy atom. The number of aliphatic hydroxyl groups is 3. The average molecular weight is 586 g/mol. The van der Waals surface area contributed by atoms with Gasteiger partial charge in [-0.15, -0.1) is 0 Å². The van der Waals surface area contributed by atoms with Gasteiger partial charge in [-0.1, -0.05) is 50.0 Å². The summed E-state index contributed by atoms with van der Waals surface area (Å²) in [5, 5.41) is 37.1. The summed E-state index contributed by atoms with van der Waals surface area (Å²) in [7, 11) is 0. The van der Waals surface area contributed by atoms with E-state index in [0.29, 0.717) is 23.2 Å². The second-order valence-electron chi connectivity index (χ2n) is 11.3. The number of halogens is 4. The number of fused-ring (bicyclic) bond motifs is 2. The second kappa shape index (κ2) is 10.9. The van der Waals surface area contributed by atoms with Crippen LogP contribution in [-0.2, 0) is 15.0 Å². The maximum absolute atomic E-state index is 14.9. The number of anilines is 1. The fourth-order valence-corrected chi connectivity index (χ4v) is 6.07. The average Bonchev–Trinajstić information content (AvgIpc) is 3.33. The van der Waals surface area contributed by atoms with Crippen LogP contribution in [0.5, 0.6) is 0 Å². The quantitative estimate of drug-likeness (QED) is 0.296. The zero-order valence-corrected chi connectivity index (χ0v) is 23.1. The first-order chi connectivity index (χ1) is 18.2. The molecule has 6 N–H and O–H groups in total. The summed E-state index contributed by atoms with van der Waals surface area (Å²) in [5.41, 5.74) is -0.920. The van der Waals surface area contributed by atoms with Crippen molar-refractivity contribution in [2.75, 3.05) is 18.5 Å². The third-order valence-electron chi connectivity index (χ3n) is 7.40. The zero-order chi connectivity index (χ0) is 28.9. The molecule has 2 aliphatic rings. The number of aliphatic hydroxyl groups excluding tert-OH is 3. The predicted octanol–water partition coefficient (Wildman–Crippen LogP) is 2.85. The lowest BCUT2D eigenvalue weighted by Gasteiger charge is -2.37. The number of benzene rings is 2. The third-order valence-corrected chi connectivity index (χ3v) is 7.98. The first-order valence-corrected chi connectivity index (χ1v) is 13.2. The summed E-state index contributed by atoms with van der Waals surface area (Å²) in [6, 6.07) is 4.59. The van der Waals surface area contributed by atoms with Crippen LogP contribution in [0.2, 0.25) is 10.0 Å². The highest BCUT2D eigenvalue weighted by molar-refractivity contribution is 6.31. The summed E-state index contributed by atoms with van der Waals surface area (Å²) in [4.78, 5) is 27.6. The van der Waals surface area contributed by atoms with E-state index in [1.165, 1.54) is 24.3 Å². The lowest BCUT2D eigenvalue weighted by Crippen LogP contribution is -2.49. The van der Waals surface area contributed by atoms with Gasteiger partial charge >= 0.3 is 0 Å². The van der Waals surface area contributed by atoms with Crippen LogP contribution in [-0.4, -0.2) is 64.6 Å². The highest BCUT2D eigenvalue weighted by Gasteiger charge is 2.66. The van der Waals surface area contributed by atoms with Gasteiger partial charge in [0.15, 0.2) is 0 Å². The van der Waals surface area contributed by atoms with Crippen molar-refractivity contribution in [1.82, 2.24) is 10.6 Å². The van der Waals surface area contributed by atoms with Crippen molar-refractivity contribution in [2.24, 2.45) is 5.41 Å². The molecule has 2 aromatic carbocycles. The molecule has 0 radical (unpaired) electrons. The van der Waals surface area contributed by atoms with E-state index in [2.05, 4.69) is 16.0 Å². The topological polar surface area (TPSA) is 131 Å². The minimum Gasteiger partial charge on any atom is -0.394 e. The number of amides is 2. The molecule has 1 unspecified atom stereocenters. The van der Waals surface area contributed by atoms with E-state index in [4.69, 9.17) is 28.3 Å². The first-order valence-electron chi connectivity index (χ1n) is 12.5. The number of nitrogens with one attached hydrogen (secondary N) is 3. The van der Waals surface area contributed by atoms with Gasteiger partial charge in [0.05, 0.1) is 28.8 Å². The first kappa shape index (κ1) is 29.6. The molecule has 8 nitrogen and oxygen atoms in total. The largest absolute Gasteiger partial charge is 0.394 e. The Kier molecular flexibility index (Phi) is 8.29. The maximum Gasteiger partial charge on any atom is 0.237 e. The van der Waals surface area contributed by atoms with Crippen molar-refractivity contribution in [3.8, 4) is 0 Å². The number of hydrogen-bond donors (Lipinski definition) is 6. The lowest BCUT2D eigenvalue weighted by molar-refractivity contribution is -0.124. The van der Waals surface area contributed by atoms with Gasteiger partial charge in [-0.2, -0.15) is 0 Å². The molecule has 212 valence electrons. The molecule has 1 saturated heterocycles. The Morgan fingerprint density at radius 1 is 1.10 bits per heavy atom. The van der Waals surface area contributed by atoms with Gasteiger partial charge in [-0.25, -0.2) is 8.78 Å². The van der Waals surface area contributed by atoms with Gasteiger partial charge < -0.3 is 31.3 Å². The Labute approximate surface area is 234 Å². The van der Waals surface area contributed by atoms with Crippen LogP contribution in [0.3, 0.4) is 0 Å². The fraction of sp³-hybridized carbons (Fsp3) is 0.481. The molecule has 2 aromatic rings.